The van der Waals surface area contributed by atoms with Crippen LogP contribution < -0.4 is 10.2 Å². The minimum atomic E-state index is -0.260. The molecular weight excluding hydrogens is 330 g/mol. The molecule has 2 fully saturated rings. The van der Waals surface area contributed by atoms with E-state index in [4.69, 9.17) is 0 Å². The summed E-state index contributed by atoms with van der Waals surface area (Å²) in [4.78, 5) is 40.2. The molecular formula is C20H27N3O3. The Morgan fingerprint density at radius 1 is 1.19 bits per heavy atom. The van der Waals surface area contributed by atoms with Crippen molar-refractivity contribution in [2.75, 3.05) is 23.3 Å². The van der Waals surface area contributed by atoms with E-state index in [1.807, 2.05) is 17.0 Å². The highest BCUT2D eigenvalue weighted by atomic mass is 16.2. The van der Waals surface area contributed by atoms with E-state index in [1.165, 1.54) is 13.3 Å². The average Bonchev–Trinajstić information content (AvgIpc) is 3.03. The summed E-state index contributed by atoms with van der Waals surface area (Å²) in [6.45, 7) is 4.83. The molecule has 2 heterocycles. The van der Waals surface area contributed by atoms with Crippen molar-refractivity contribution in [3.8, 4) is 0 Å². The highest BCUT2D eigenvalue weighted by Crippen LogP contribution is 2.29. The Balaban J connectivity index is 1.68. The molecule has 140 valence electrons. The van der Waals surface area contributed by atoms with Gasteiger partial charge in [-0.3, -0.25) is 14.4 Å². The Labute approximate surface area is 154 Å². The topological polar surface area (TPSA) is 69.7 Å². The fraction of sp³-hybridized carbons (Fsp3) is 0.550. The first kappa shape index (κ1) is 18.4. The molecule has 0 unspecified atom stereocenters. The van der Waals surface area contributed by atoms with Gasteiger partial charge in [-0.2, -0.15) is 0 Å². The van der Waals surface area contributed by atoms with Gasteiger partial charge < -0.3 is 15.1 Å². The molecule has 26 heavy (non-hydrogen) atoms. The number of amides is 3. The van der Waals surface area contributed by atoms with Gasteiger partial charge in [0.1, 0.15) is 0 Å². The first-order chi connectivity index (χ1) is 12.5. The quantitative estimate of drug-likeness (QED) is 0.901. The average molecular weight is 357 g/mol. The van der Waals surface area contributed by atoms with E-state index in [-0.39, 0.29) is 30.1 Å². The normalized spacial score (nSPS) is 23.2. The van der Waals surface area contributed by atoms with Gasteiger partial charge >= 0.3 is 0 Å². The summed E-state index contributed by atoms with van der Waals surface area (Å²) in [6.07, 6.45) is 4.55. The van der Waals surface area contributed by atoms with Crippen LogP contribution in [-0.2, 0) is 14.4 Å². The summed E-state index contributed by atoms with van der Waals surface area (Å²) in [6, 6.07) is 7.49. The molecule has 6 heteroatoms. The van der Waals surface area contributed by atoms with E-state index >= 15 is 0 Å². The van der Waals surface area contributed by atoms with Crippen LogP contribution in [0, 0.1) is 5.92 Å². The zero-order valence-electron chi connectivity index (χ0n) is 15.5. The predicted molar refractivity (Wildman–Crippen MR) is 101 cm³/mol. The standard InChI is InChI=1S/C20H27N3O3/c1-3-17-6-4-5-11-22(17)20(26)15-12-19(25)23(13-15)18-9-7-16(8-10-18)21-14(2)24/h7-10,15,17H,3-6,11-13H2,1-2H3,(H,21,24)/t15-,17-/m0/s1. The molecule has 0 saturated carbocycles. The van der Waals surface area contributed by atoms with Crippen LogP contribution in [-0.4, -0.2) is 41.8 Å². The van der Waals surface area contributed by atoms with Gasteiger partial charge in [-0.1, -0.05) is 6.92 Å². The van der Waals surface area contributed by atoms with E-state index in [9.17, 15) is 14.4 Å². The van der Waals surface area contributed by atoms with Crippen LogP contribution in [0.3, 0.4) is 0 Å². The number of hydrogen-bond donors (Lipinski definition) is 1. The van der Waals surface area contributed by atoms with E-state index < -0.39 is 0 Å². The van der Waals surface area contributed by atoms with Crippen molar-refractivity contribution in [2.24, 2.45) is 5.92 Å². The van der Waals surface area contributed by atoms with Gasteiger partial charge in [-0.25, -0.2) is 0 Å². The van der Waals surface area contributed by atoms with Crippen LogP contribution in [0.2, 0.25) is 0 Å². The fourth-order valence-electron chi connectivity index (χ4n) is 4.00. The van der Waals surface area contributed by atoms with Crippen LogP contribution in [0.25, 0.3) is 0 Å². The second-order valence-corrected chi connectivity index (χ2v) is 7.22. The Hall–Kier alpha value is -2.37. The zero-order chi connectivity index (χ0) is 18.7. The van der Waals surface area contributed by atoms with Crippen molar-refractivity contribution in [3.63, 3.8) is 0 Å². The number of anilines is 2. The largest absolute Gasteiger partial charge is 0.339 e. The SMILES string of the molecule is CC[C@H]1CCCCN1C(=O)[C@H]1CC(=O)N(c2ccc(NC(C)=O)cc2)C1. The summed E-state index contributed by atoms with van der Waals surface area (Å²) in [5, 5.41) is 2.71. The summed E-state index contributed by atoms with van der Waals surface area (Å²) in [5.74, 6) is -0.278. The number of hydrogen-bond acceptors (Lipinski definition) is 3. The zero-order valence-corrected chi connectivity index (χ0v) is 15.5. The second kappa shape index (κ2) is 7.89. The maximum Gasteiger partial charge on any atom is 0.228 e. The number of rotatable bonds is 4. The van der Waals surface area contributed by atoms with Gasteiger partial charge in [-0.15, -0.1) is 0 Å². The van der Waals surface area contributed by atoms with E-state index in [2.05, 4.69) is 12.2 Å². The lowest BCUT2D eigenvalue weighted by Crippen LogP contribution is -2.46. The third kappa shape index (κ3) is 3.89. The monoisotopic (exact) mass is 357 g/mol. The third-order valence-electron chi connectivity index (χ3n) is 5.36. The number of nitrogens with zero attached hydrogens (tertiary/aromatic N) is 2. The third-order valence-corrected chi connectivity index (χ3v) is 5.36. The molecule has 1 aromatic carbocycles. The van der Waals surface area contributed by atoms with Crippen molar-refractivity contribution < 1.29 is 14.4 Å². The Kier molecular flexibility index (Phi) is 5.59. The molecule has 3 amide bonds. The van der Waals surface area contributed by atoms with E-state index in [0.29, 0.717) is 18.3 Å². The van der Waals surface area contributed by atoms with Gasteiger partial charge in [0, 0.05) is 43.9 Å². The lowest BCUT2D eigenvalue weighted by molar-refractivity contribution is -0.139. The van der Waals surface area contributed by atoms with Crippen molar-refractivity contribution >= 4 is 29.1 Å². The molecule has 2 aliphatic rings. The van der Waals surface area contributed by atoms with E-state index in [0.717, 1.165) is 31.5 Å². The highest BCUT2D eigenvalue weighted by molar-refractivity contribution is 6.00. The molecule has 2 atom stereocenters. The summed E-state index contributed by atoms with van der Waals surface area (Å²) >= 11 is 0. The van der Waals surface area contributed by atoms with Gasteiger partial charge in [0.05, 0.1) is 5.92 Å². The number of piperidine rings is 1. The maximum atomic E-state index is 13.0. The minimum Gasteiger partial charge on any atom is -0.339 e. The first-order valence-electron chi connectivity index (χ1n) is 9.48. The lowest BCUT2D eigenvalue weighted by Gasteiger charge is -2.36. The minimum absolute atomic E-state index is 0.0133. The summed E-state index contributed by atoms with van der Waals surface area (Å²) in [7, 11) is 0. The predicted octanol–water partition coefficient (Wildman–Crippen LogP) is 2.79. The van der Waals surface area contributed by atoms with Crippen molar-refractivity contribution in [1.29, 1.82) is 0 Å². The molecule has 2 aliphatic heterocycles. The van der Waals surface area contributed by atoms with Crippen LogP contribution in [0.4, 0.5) is 11.4 Å². The van der Waals surface area contributed by atoms with Crippen molar-refractivity contribution in [2.45, 2.75) is 52.0 Å². The first-order valence-corrected chi connectivity index (χ1v) is 9.48. The summed E-state index contributed by atoms with van der Waals surface area (Å²) in [5.41, 5.74) is 1.46. The maximum absolute atomic E-state index is 13.0. The molecule has 0 radical (unpaired) electrons. The van der Waals surface area contributed by atoms with Gasteiger partial charge in [0.25, 0.3) is 0 Å². The van der Waals surface area contributed by atoms with Crippen LogP contribution in [0.5, 0.6) is 0 Å². The van der Waals surface area contributed by atoms with Crippen LogP contribution >= 0.6 is 0 Å². The highest BCUT2D eigenvalue weighted by Gasteiger charge is 2.39. The number of benzene rings is 1. The van der Waals surface area contributed by atoms with Crippen LogP contribution in [0.15, 0.2) is 24.3 Å². The molecule has 3 rings (SSSR count). The molecule has 6 nitrogen and oxygen atoms in total. The van der Waals surface area contributed by atoms with Gasteiger partial charge in [-0.05, 0) is 49.9 Å². The molecule has 0 bridgehead atoms. The number of carbonyl (C=O) groups is 3. The molecule has 1 N–H and O–H groups in total. The number of nitrogens with one attached hydrogen (secondary N) is 1. The summed E-state index contributed by atoms with van der Waals surface area (Å²) < 4.78 is 0. The number of carbonyl (C=O) groups excluding carboxylic acids is 3. The fourth-order valence-corrected chi connectivity index (χ4v) is 4.00. The van der Waals surface area contributed by atoms with Crippen molar-refractivity contribution in [1.82, 2.24) is 4.90 Å². The molecule has 1 aromatic rings. The lowest BCUT2D eigenvalue weighted by atomic mass is 9.97. The number of likely N-dealkylation sites (tertiary alicyclic amines) is 1. The second-order valence-electron chi connectivity index (χ2n) is 7.22. The van der Waals surface area contributed by atoms with Crippen molar-refractivity contribution in [3.05, 3.63) is 24.3 Å². The Bertz CT molecular complexity index is 686. The Morgan fingerprint density at radius 3 is 2.58 bits per heavy atom. The smallest absolute Gasteiger partial charge is 0.228 e. The van der Waals surface area contributed by atoms with Gasteiger partial charge in [0.15, 0.2) is 0 Å². The molecule has 0 aliphatic carbocycles. The van der Waals surface area contributed by atoms with E-state index in [1.54, 1.807) is 17.0 Å². The molecule has 2 saturated heterocycles. The molecule has 0 spiro atoms. The van der Waals surface area contributed by atoms with Gasteiger partial charge in [0.2, 0.25) is 17.7 Å². The molecule has 0 aromatic heterocycles. The van der Waals surface area contributed by atoms with Crippen LogP contribution in [0.1, 0.15) is 46.0 Å². The Morgan fingerprint density at radius 2 is 1.92 bits per heavy atom.